The summed E-state index contributed by atoms with van der Waals surface area (Å²) in [7, 11) is 2.73. The van der Waals surface area contributed by atoms with Crippen LogP contribution in [0.3, 0.4) is 0 Å². The zero-order valence-corrected chi connectivity index (χ0v) is 22.9. The fraction of sp³-hybridized carbons (Fsp3) is 0.423. The van der Waals surface area contributed by atoms with Crippen molar-refractivity contribution in [1.82, 2.24) is 9.97 Å². The van der Waals surface area contributed by atoms with Crippen LogP contribution in [0.5, 0.6) is 0 Å². The highest BCUT2D eigenvalue weighted by Gasteiger charge is 2.29. The molecule has 2 aromatic heterocycles. The summed E-state index contributed by atoms with van der Waals surface area (Å²) < 4.78 is 9.49. The van der Waals surface area contributed by atoms with Gasteiger partial charge in [-0.3, -0.25) is 14.8 Å². The number of nitrogens with zero attached hydrogens (tertiary/aromatic N) is 2. The monoisotopic (exact) mass is 590 g/mol. The van der Waals surface area contributed by atoms with E-state index in [0.717, 1.165) is 36.0 Å². The topological polar surface area (TPSA) is 164 Å². The molecule has 38 heavy (non-hydrogen) atoms. The molecule has 2 aromatic rings. The first-order valence-corrected chi connectivity index (χ1v) is 12.3. The van der Waals surface area contributed by atoms with E-state index in [4.69, 9.17) is 28.7 Å². The first-order chi connectivity index (χ1) is 18.1. The molecule has 2 aliphatic rings. The van der Waals surface area contributed by atoms with Crippen LogP contribution in [0.2, 0.25) is 0 Å². The normalized spacial score (nSPS) is 18.4. The van der Waals surface area contributed by atoms with Crippen molar-refractivity contribution >= 4 is 46.0 Å². The molecule has 2 aliphatic carbocycles. The van der Waals surface area contributed by atoms with Gasteiger partial charge in [-0.2, -0.15) is 19.2 Å². The molecule has 0 aromatic carbocycles. The zero-order chi connectivity index (χ0) is 28.8. The van der Waals surface area contributed by atoms with Crippen molar-refractivity contribution in [2.75, 3.05) is 14.2 Å². The second-order valence-corrected chi connectivity index (χ2v) is 9.40. The third-order valence-electron chi connectivity index (χ3n) is 6.10. The first kappa shape index (κ1) is 32.2. The summed E-state index contributed by atoms with van der Waals surface area (Å²) >= 11 is 3.63. The minimum atomic E-state index is -0.425. The maximum atomic E-state index is 11.7. The fourth-order valence-corrected chi connectivity index (χ4v) is 5.01. The lowest BCUT2D eigenvalue weighted by atomic mass is 9.82. The van der Waals surface area contributed by atoms with Gasteiger partial charge < -0.3 is 9.47 Å². The minimum absolute atomic E-state index is 0.0614. The number of Topliss-reactive ketones (excluding diaryl/α,β-unsaturated/α-hetero) is 1. The molecule has 11 nitrogen and oxygen atoms in total. The second-order valence-electron chi connectivity index (χ2n) is 8.30. The highest BCUT2D eigenvalue weighted by Crippen LogP contribution is 2.42. The van der Waals surface area contributed by atoms with E-state index in [2.05, 4.69) is 32.8 Å². The Morgan fingerprint density at radius 1 is 0.816 bits per heavy atom. The molecule has 0 aliphatic heterocycles. The number of aromatic nitrogens is 2. The number of fused-ring (bicyclic) bond motifs is 2. The molecule has 202 valence electrons. The van der Waals surface area contributed by atoms with Crippen LogP contribution in [0.25, 0.3) is 0 Å². The predicted octanol–water partition coefficient (Wildman–Crippen LogP) is 3.98. The average Bonchev–Trinajstić information content (AvgIpc) is 2.92. The lowest BCUT2D eigenvalue weighted by Gasteiger charge is -2.27. The molecule has 0 N–H and O–H groups in total. The van der Waals surface area contributed by atoms with E-state index in [-0.39, 0.29) is 30.0 Å². The van der Waals surface area contributed by atoms with Crippen molar-refractivity contribution in [3.05, 3.63) is 58.2 Å². The summed E-state index contributed by atoms with van der Waals surface area (Å²) in [6, 6.07) is 0. The molecule has 0 fully saturated rings. The standard InChI is InChI=1S/C12H14BrNO2.C12H13NO3.2CO2/c1-7-3-4-10(13)8-5-14-6-9(11(7)8)12(15)16-2;1-7-3-4-10(14)8-5-13-6-9(11(7)8)12(15)16-2;2*2-1-3/h5-7,10H,3-4H2,1-2H3;5-7H,3-4H2,1-2H3;;. The molecule has 0 spiro atoms. The number of ether oxygens (including phenoxy) is 2. The summed E-state index contributed by atoms with van der Waals surface area (Å²) in [6.07, 6.45) is 10.4. The number of halogens is 1. The van der Waals surface area contributed by atoms with Crippen molar-refractivity contribution in [2.24, 2.45) is 0 Å². The maximum absolute atomic E-state index is 11.7. The molecule has 2 heterocycles. The Hall–Kier alpha value is -3.85. The van der Waals surface area contributed by atoms with E-state index >= 15 is 0 Å². The molecule has 0 bridgehead atoms. The van der Waals surface area contributed by atoms with Gasteiger partial charge in [0, 0.05) is 41.6 Å². The van der Waals surface area contributed by atoms with Gasteiger partial charge in [-0.1, -0.05) is 29.8 Å². The van der Waals surface area contributed by atoms with Gasteiger partial charge in [-0.05, 0) is 47.8 Å². The number of ketones is 1. The van der Waals surface area contributed by atoms with Crippen LogP contribution in [0, 0.1) is 0 Å². The average molecular weight is 591 g/mol. The summed E-state index contributed by atoms with van der Waals surface area (Å²) in [4.78, 5) is 75.8. The Labute approximate surface area is 227 Å². The zero-order valence-electron chi connectivity index (χ0n) is 21.3. The Morgan fingerprint density at radius 3 is 1.82 bits per heavy atom. The first-order valence-electron chi connectivity index (χ1n) is 11.4. The number of esters is 2. The summed E-state index contributed by atoms with van der Waals surface area (Å²) in [5.74, 6) is -0.0687. The number of carbonyl (C=O) groups excluding carboxylic acids is 7. The smallest absolute Gasteiger partial charge is 0.373 e. The van der Waals surface area contributed by atoms with Crippen LogP contribution in [0.1, 0.15) is 104 Å². The highest BCUT2D eigenvalue weighted by atomic mass is 79.9. The van der Waals surface area contributed by atoms with E-state index in [1.165, 1.54) is 20.4 Å². The Morgan fingerprint density at radius 2 is 1.29 bits per heavy atom. The molecule has 3 atom stereocenters. The molecule has 0 saturated carbocycles. The molecule has 4 rings (SSSR count). The SMILES string of the molecule is COC(=O)c1cncc2c1C(C)CCC2=O.COC(=O)c1cncc2c1C(C)CCC2Br.O=C=O.O=C=O. The lowest BCUT2D eigenvalue weighted by molar-refractivity contribution is -0.193. The van der Waals surface area contributed by atoms with Crippen molar-refractivity contribution in [3.63, 3.8) is 0 Å². The lowest BCUT2D eigenvalue weighted by Crippen LogP contribution is -2.19. The van der Waals surface area contributed by atoms with E-state index in [0.29, 0.717) is 33.9 Å². The number of methoxy groups -OCH3 is 2. The fourth-order valence-electron chi connectivity index (χ4n) is 4.38. The molecule has 12 heteroatoms. The van der Waals surface area contributed by atoms with Crippen LogP contribution in [-0.4, -0.2) is 54.2 Å². The van der Waals surface area contributed by atoms with Gasteiger partial charge in [0.15, 0.2) is 5.78 Å². The molecular weight excluding hydrogens is 564 g/mol. The molecule has 0 amide bonds. The number of carbonyl (C=O) groups is 3. The van der Waals surface area contributed by atoms with E-state index < -0.39 is 5.97 Å². The van der Waals surface area contributed by atoms with Crippen molar-refractivity contribution in [3.8, 4) is 0 Å². The van der Waals surface area contributed by atoms with Gasteiger partial charge in [0.05, 0.1) is 25.3 Å². The summed E-state index contributed by atoms with van der Waals surface area (Å²) in [5.41, 5.74) is 4.61. The third-order valence-corrected chi connectivity index (χ3v) is 7.05. The maximum Gasteiger partial charge on any atom is 0.373 e. The quantitative estimate of drug-likeness (QED) is 0.367. The van der Waals surface area contributed by atoms with Gasteiger partial charge in [0.1, 0.15) is 0 Å². The van der Waals surface area contributed by atoms with Crippen molar-refractivity contribution in [1.29, 1.82) is 0 Å². The Bertz CT molecular complexity index is 1210. The van der Waals surface area contributed by atoms with Crippen molar-refractivity contribution in [2.45, 2.75) is 56.2 Å². The Balaban J connectivity index is 0.000000315. The van der Waals surface area contributed by atoms with Crippen molar-refractivity contribution < 1.29 is 43.0 Å². The number of alkyl halides is 1. The number of hydrogen-bond donors (Lipinski definition) is 0. The Kier molecular flexibility index (Phi) is 13.6. The van der Waals surface area contributed by atoms with E-state index in [1.54, 1.807) is 12.4 Å². The van der Waals surface area contributed by atoms with Crippen LogP contribution in [0.4, 0.5) is 0 Å². The number of hydrogen-bond acceptors (Lipinski definition) is 11. The number of pyridine rings is 2. The molecular formula is C26H27BrN2O9. The van der Waals surface area contributed by atoms with E-state index in [1.807, 2.05) is 13.1 Å². The molecule has 0 radical (unpaired) electrons. The molecule has 0 saturated heterocycles. The predicted molar refractivity (Wildman–Crippen MR) is 132 cm³/mol. The van der Waals surface area contributed by atoms with Gasteiger partial charge in [0.25, 0.3) is 0 Å². The third kappa shape index (κ3) is 8.08. The largest absolute Gasteiger partial charge is 0.465 e. The summed E-state index contributed by atoms with van der Waals surface area (Å²) in [5, 5.41) is 0. The van der Waals surface area contributed by atoms with Crippen LogP contribution in [0.15, 0.2) is 24.8 Å². The molecule has 3 unspecified atom stereocenters. The van der Waals surface area contributed by atoms with Gasteiger partial charge in [-0.25, -0.2) is 9.59 Å². The number of rotatable bonds is 2. The summed E-state index contributed by atoms with van der Waals surface area (Å²) in [6.45, 7) is 4.15. The second kappa shape index (κ2) is 16.1. The van der Waals surface area contributed by atoms with Gasteiger partial charge in [-0.15, -0.1) is 0 Å². The van der Waals surface area contributed by atoms with Crippen LogP contribution in [-0.2, 0) is 28.7 Å². The van der Waals surface area contributed by atoms with Crippen LogP contribution < -0.4 is 0 Å². The van der Waals surface area contributed by atoms with E-state index in [9.17, 15) is 14.4 Å². The van der Waals surface area contributed by atoms with Crippen LogP contribution >= 0.6 is 15.9 Å². The van der Waals surface area contributed by atoms with Gasteiger partial charge >= 0.3 is 24.2 Å². The van der Waals surface area contributed by atoms with Gasteiger partial charge in [0.2, 0.25) is 0 Å². The minimum Gasteiger partial charge on any atom is -0.465 e. The highest BCUT2D eigenvalue weighted by molar-refractivity contribution is 9.09.